The molecule has 1 saturated heterocycles. The van der Waals surface area contributed by atoms with Crippen LogP contribution in [-0.4, -0.2) is 31.7 Å². The van der Waals surface area contributed by atoms with E-state index in [0.29, 0.717) is 5.01 Å². The first-order chi connectivity index (χ1) is 6.42. The maximum atomic E-state index is 10.9. The molecule has 1 N–H and O–H groups in total. The van der Waals surface area contributed by atoms with Crippen molar-refractivity contribution >= 4 is 31.1 Å². The van der Waals surface area contributed by atoms with Crippen molar-refractivity contribution < 1.29 is 18.3 Å². The maximum absolute atomic E-state index is 10.9. The monoisotopic (exact) mass is 255 g/mol. The van der Waals surface area contributed by atoms with Crippen molar-refractivity contribution in [3.05, 3.63) is 11.2 Å². The molecular weight excluding hydrogens is 250 g/mol. The van der Waals surface area contributed by atoms with Gasteiger partial charge in [-0.05, 0) is 0 Å². The number of ether oxygens (including phenoxy) is 1. The number of aromatic nitrogens is 1. The largest absolute Gasteiger partial charge is 0.378 e. The minimum absolute atomic E-state index is 0.0607. The summed E-state index contributed by atoms with van der Waals surface area (Å²) in [4.78, 5) is 3.80. The Kier molecular flexibility index (Phi) is 2.31. The van der Waals surface area contributed by atoms with E-state index in [4.69, 9.17) is 15.4 Å². The highest BCUT2D eigenvalue weighted by Gasteiger charge is 2.41. The average Bonchev–Trinajstić information content (AvgIpc) is 2.46. The molecule has 1 fully saturated rings. The van der Waals surface area contributed by atoms with Crippen LogP contribution in [0.4, 0.5) is 0 Å². The van der Waals surface area contributed by atoms with Crippen molar-refractivity contribution in [3.63, 3.8) is 0 Å². The smallest absolute Gasteiger partial charge is 0.272 e. The van der Waals surface area contributed by atoms with Crippen LogP contribution in [0.2, 0.25) is 0 Å². The molecule has 0 spiro atoms. The molecule has 1 aromatic heterocycles. The molecule has 0 radical (unpaired) electrons. The Labute approximate surface area is 88.7 Å². The summed E-state index contributed by atoms with van der Waals surface area (Å²) in [6.45, 7) is 0.282. The van der Waals surface area contributed by atoms with Crippen molar-refractivity contribution in [1.82, 2.24) is 4.98 Å². The molecule has 0 amide bonds. The molecule has 0 saturated carbocycles. The standard InChI is InChI=1S/C6H6ClNO4S2/c7-14(10,11)4-1-8-5(13-4)6(9)2-12-3-6/h1,9H,2-3H2. The van der Waals surface area contributed by atoms with Crippen LogP contribution in [0.15, 0.2) is 10.4 Å². The van der Waals surface area contributed by atoms with E-state index >= 15 is 0 Å². The maximum Gasteiger partial charge on any atom is 0.272 e. The van der Waals surface area contributed by atoms with E-state index in [2.05, 4.69) is 4.98 Å². The van der Waals surface area contributed by atoms with E-state index < -0.39 is 14.7 Å². The molecule has 2 heterocycles. The molecule has 14 heavy (non-hydrogen) atoms. The zero-order valence-electron chi connectivity index (χ0n) is 6.81. The summed E-state index contributed by atoms with van der Waals surface area (Å²) < 4.78 is 26.6. The second-order valence-electron chi connectivity index (χ2n) is 2.95. The highest BCUT2D eigenvalue weighted by atomic mass is 35.7. The van der Waals surface area contributed by atoms with Gasteiger partial charge in [-0.3, -0.25) is 0 Å². The first-order valence-corrected chi connectivity index (χ1v) is 6.75. The van der Waals surface area contributed by atoms with Gasteiger partial charge in [0, 0.05) is 10.7 Å². The van der Waals surface area contributed by atoms with Gasteiger partial charge >= 0.3 is 0 Å². The predicted molar refractivity (Wildman–Crippen MR) is 49.9 cm³/mol. The summed E-state index contributed by atoms with van der Waals surface area (Å²) in [6, 6.07) is 0. The Morgan fingerprint density at radius 2 is 2.29 bits per heavy atom. The van der Waals surface area contributed by atoms with Gasteiger partial charge in [0.05, 0.1) is 19.4 Å². The van der Waals surface area contributed by atoms with E-state index in [0.717, 1.165) is 17.5 Å². The Hall–Kier alpha value is -0.210. The normalized spacial score (nSPS) is 20.4. The molecule has 1 aromatic rings. The number of rotatable bonds is 2. The number of halogens is 1. The minimum atomic E-state index is -3.75. The van der Waals surface area contributed by atoms with Crippen LogP contribution in [0.25, 0.3) is 0 Å². The molecule has 0 unspecified atom stereocenters. The van der Waals surface area contributed by atoms with Crippen molar-refractivity contribution in [2.24, 2.45) is 0 Å². The van der Waals surface area contributed by atoms with Gasteiger partial charge in [-0.15, -0.1) is 11.3 Å². The minimum Gasteiger partial charge on any atom is -0.378 e. The lowest BCUT2D eigenvalue weighted by molar-refractivity contribution is -0.184. The molecule has 0 bridgehead atoms. The van der Waals surface area contributed by atoms with Crippen LogP contribution in [0.3, 0.4) is 0 Å². The third-order valence-corrected chi connectivity index (χ3v) is 5.06. The van der Waals surface area contributed by atoms with Crippen LogP contribution in [0.1, 0.15) is 5.01 Å². The van der Waals surface area contributed by atoms with Gasteiger partial charge in [0.25, 0.3) is 9.05 Å². The van der Waals surface area contributed by atoms with Gasteiger partial charge in [-0.2, -0.15) is 0 Å². The van der Waals surface area contributed by atoms with Gasteiger partial charge in [0.2, 0.25) is 0 Å². The average molecular weight is 256 g/mol. The lowest BCUT2D eigenvalue weighted by Gasteiger charge is -2.34. The molecule has 0 atom stereocenters. The fourth-order valence-corrected chi connectivity index (χ4v) is 2.93. The van der Waals surface area contributed by atoms with Crippen LogP contribution in [-0.2, 0) is 19.4 Å². The Morgan fingerprint density at radius 1 is 1.64 bits per heavy atom. The Morgan fingerprint density at radius 3 is 2.64 bits per heavy atom. The summed E-state index contributed by atoms with van der Waals surface area (Å²) in [5.74, 6) is 0. The van der Waals surface area contributed by atoms with Crippen LogP contribution >= 0.6 is 22.0 Å². The quantitative estimate of drug-likeness (QED) is 0.769. The Balaban J connectivity index is 2.35. The van der Waals surface area contributed by atoms with E-state index in [9.17, 15) is 13.5 Å². The van der Waals surface area contributed by atoms with Gasteiger partial charge in [0.15, 0.2) is 9.81 Å². The van der Waals surface area contributed by atoms with Crippen LogP contribution in [0.5, 0.6) is 0 Å². The lowest BCUT2D eigenvalue weighted by atomic mass is 10.0. The van der Waals surface area contributed by atoms with E-state index in [-0.39, 0.29) is 17.4 Å². The molecule has 0 aromatic carbocycles. The number of aliphatic hydroxyl groups is 1. The summed E-state index contributed by atoms with van der Waals surface area (Å²) in [6.07, 6.45) is 1.14. The highest BCUT2D eigenvalue weighted by molar-refractivity contribution is 8.15. The first-order valence-electron chi connectivity index (χ1n) is 3.63. The number of thiazole rings is 1. The second kappa shape index (κ2) is 3.14. The molecule has 8 heteroatoms. The summed E-state index contributed by atoms with van der Waals surface area (Å²) in [5, 5.41) is 10.1. The van der Waals surface area contributed by atoms with Crippen molar-refractivity contribution in [2.45, 2.75) is 9.81 Å². The van der Waals surface area contributed by atoms with Crippen molar-refractivity contribution in [3.8, 4) is 0 Å². The predicted octanol–water partition coefficient (Wildman–Crippen LogP) is 0.288. The number of hydrogen-bond donors (Lipinski definition) is 1. The van der Waals surface area contributed by atoms with Gasteiger partial charge in [-0.1, -0.05) is 0 Å². The zero-order valence-corrected chi connectivity index (χ0v) is 9.19. The molecule has 1 aliphatic heterocycles. The lowest BCUT2D eigenvalue weighted by Crippen LogP contribution is -2.46. The number of nitrogens with zero attached hydrogens (tertiary/aromatic N) is 1. The molecule has 78 valence electrons. The Bertz CT molecular complexity index is 450. The van der Waals surface area contributed by atoms with Gasteiger partial charge < -0.3 is 9.84 Å². The summed E-state index contributed by atoms with van der Waals surface area (Å²) in [5.41, 5.74) is -1.13. The highest BCUT2D eigenvalue weighted by Crippen LogP contribution is 2.34. The molecule has 5 nitrogen and oxygen atoms in total. The number of hydrogen-bond acceptors (Lipinski definition) is 6. The summed E-state index contributed by atoms with van der Waals surface area (Å²) in [7, 11) is 1.36. The molecule has 0 aliphatic carbocycles. The SMILES string of the molecule is O=S(=O)(Cl)c1cnc(C2(O)COC2)s1. The van der Waals surface area contributed by atoms with E-state index in [1.807, 2.05) is 0 Å². The third-order valence-electron chi connectivity index (χ3n) is 1.80. The van der Waals surface area contributed by atoms with Crippen molar-refractivity contribution in [1.29, 1.82) is 0 Å². The molecule has 2 rings (SSSR count). The zero-order chi connectivity index (χ0) is 10.4. The van der Waals surface area contributed by atoms with Crippen LogP contribution < -0.4 is 0 Å². The van der Waals surface area contributed by atoms with Crippen molar-refractivity contribution in [2.75, 3.05) is 13.2 Å². The molecular formula is C6H6ClNO4S2. The fraction of sp³-hybridized carbons (Fsp3) is 0.500. The van der Waals surface area contributed by atoms with Gasteiger partial charge in [-0.25, -0.2) is 13.4 Å². The summed E-state index contributed by atoms with van der Waals surface area (Å²) >= 11 is 0.862. The second-order valence-corrected chi connectivity index (χ2v) is 6.77. The third kappa shape index (κ3) is 1.66. The van der Waals surface area contributed by atoms with Crippen LogP contribution in [0, 0.1) is 0 Å². The topological polar surface area (TPSA) is 76.5 Å². The fourth-order valence-electron chi connectivity index (χ4n) is 1.01. The first kappa shape index (κ1) is 10.3. The molecule has 1 aliphatic rings. The van der Waals surface area contributed by atoms with E-state index in [1.165, 1.54) is 0 Å². The van der Waals surface area contributed by atoms with Gasteiger partial charge in [0.1, 0.15) is 5.01 Å². The van der Waals surface area contributed by atoms with E-state index in [1.54, 1.807) is 0 Å².